The van der Waals surface area contributed by atoms with Crippen LogP contribution in [0.15, 0.2) is 30.3 Å². The van der Waals surface area contributed by atoms with Crippen LogP contribution >= 0.6 is 0 Å². The molecule has 0 saturated carbocycles. The lowest BCUT2D eigenvalue weighted by atomic mass is 10.2. The van der Waals surface area contributed by atoms with Crippen molar-refractivity contribution in [2.75, 3.05) is 32.8 Å². The first-order chi connectivity index (χ1) is 10.8. The molecule has 2 aliphatic rings. The third-order valence-corrected chi connectivity index (χ3v) is 4.32. The van der Waals surface area contributed by atoms with Gasteiger partial charge in [-0.15, -0.1) is 0 Å². The second-order valence-electron chi connectivity index (χ2n) is 5.84. The Bertz CT molecular complexity index is 526. The number of carbonyl (C=O) groups excluding carboxylic acids is 2. The van der Waals surface area contributed by atoms with E-state index in [0.29, 0.717) is 38.3 Å². The summed E-state index contributed by atoms with van der Waals surface area (Å²) in [4.78, 5) is 28.6. The largest absolute Gasteiger partial charge is 0.368 e. The molecule has 0 aliphatic carbocycles. The molecule has 1 aromatic rings. The first-order valence-electron chi connectivity index (χ1n) is 8.00. The van der Waals surface area contributed by atoms with Crippen molar-refractivity contribution in [1.82, 2.24) is 9.80 Å². The van der Waals surface area contributed by atoms with Crippen LogP contribution in [0.2, 0.25) is 0 Å². The van der Waals surface area contributed by atoms with E-state index in [2.05, 4.69) is 0 Å². The van der Waals surface area contributed by atoms with Gasteiger partial charge in [-0.1, -0.05) is 18.2 Å². The van der Waals surface area contributed by atoms with Crippen molar-refractivity contribution in [2.45, 2.75) is 25.4 Å². The average Bonchev–Trinajstić information content (AvgIpc) is 2.99. The highest BCUT2D eigenvalue weighted by Gasteiger charge is 2.30. The Labute approximate surface area is 130 Å². The summed E-state index contributed by atoms with van der Waals surface area (Å²) >= 11 is 0. The molecule has 0 aromatic heterocycles. The highest BCUT2D eigenvalue weighted by atomic mass is 16.5. The molecule has 0 bridgehead atoms. The Balaban J connectivity index is 1.60. The molecule has 2 saturated heterocycles. The van der Waals surface area contributed by atoms with Gasteiger partial charge in [0.25, 0.3) is 11.8 Å². The molecule has 2 aliphatic heterocycles. The van der Waals surface area contributed by atoms with Crippen molar-refractivity contribution in [3.8, 4) is 0 Å². The van der Waals surface area contributed by atoms with Crippen LogP contribution in [0.3, 0.4) is 0 Å². The maximum atomic E-state index is 12.5. The fourth-order valence-electron chi connectivity index (χ4n) is 3.08. The van der Waals surface area contributed by atoms with Crippen LogP contribution in [0.1, 0.15) is 29.6 Å². The van der Waals surface area contributed by atoms with Crippen LogP contribution < -0.4 is 0 Å². The number of hydrogen-bond donors (Lipinski definition) is 0. The highest BCUT2D eigenvalue weighted by Crippen LogP contribution is 2.16. The van der Waals surface area contributed by atoms with Crippen molar-refractivity contribution < 1.29 is 14.3 Å². The average molecular weight is 302 g/mol. The number of ether oxygens (including phenoxy) is 1. The third-order valence-electron chi connectivity index (χ3n) is 4.32. The van der Waals surface area contributed by atoms with Gasteiger partial charge in [-0.25, -0.2) is 0 Å². The van der Waals surface area contributed by atoms with Gasteiger partial charge >= 0.3 is 0 Å². The van der Waals surface area contributed by atoms with Crippen LogP contribution in [0.4, 0.5) is 0 Å². The van der Waals surface area contributed by atoms with Gasteiger partial charge in [0.2, 0.25) is 0 Å². The molecule has 5 nitrogen and oxygen atoms in total. The number of hydrogen-bond acceptors (Lipinski definition) is 3. The monoisotopic (exact) mass is 302 g/mol. The van der Waals surface area contributed by atoms with Gasteiger partial charge in [0, 0.05) is 38.3 Å². The van der Waals surface area contributed by atoms with E-state index in [1.165, 1.54) is 0 Å². The molecule has 0 spiro atoms. The van der Waals surface area contributed by atoms with Crippen LogP contribution in [-0.2, 0) is 9.53 Å². The summed E-state index contributed by atoms with van der Waals surface area (Å²) in [5.74, 6) is 0.138. The summed E-state index contributed by atoms with van der Waals surface area (Å²) in [6, 6.07) is 9.32. The predicted molar refractivity (Wildman–Crippen MR) is 82.5 cm³/mol. The van der Waals surface area contributed by atoms with E-state index >= 15 is 0 Å². The number of nitrogens with zero attached hydrogens (tertiary/aromatic N) is 2. The van der Waals surface area contributed by atoms with Crippen LogP contribution in [0.25, 0.3) is 0 Å². The smallest absolute Gasteiger partial charge is 0.253 e. The molecule has 2 heterocycles. The second-order valence-corrected chi connectivity index (χ2v) is 5.84. The number of amides is 2. The Hall–Kier alpha value is -1.88. The minimum Gasteiger partial charge on any atom is -0.368 e. The molecular weight excluding hydrogens is 280 g/mol. The van der Waals surface area contributed by atoms with Gasteiger partial charge in [-0.2, -0.15) is 0 Å². The van der Waals surface area contributed by atoms with Gasteiger partial charge in [-0.3, -0.25) is 9.59 Å². The molecule has 0 N–H and O–H groups in total. The lowest BCUT2D eigenvalue weighted by Gasteiger charge is -2.24. The van der Waals surface area contributed by atoms with E-state index < -0.39 is 0 Å². The minimum absolute atomic E-state index is 0.0482. The van der Waals surface area contributed by atoms with Crippen molar-refractivity contribution >= 4 is 11.8 Å². The van der Waals surface area contributed by atoms with E-state index in [1.54, 1.807) is 0 Å². The van der Waals surface area contributed by atoms with E-state index in [4.69, 9.17) is 4.74 Å². The molecule has 1 unspecified atom stereocenters. The summed E-state index contributed by atoms with van der Waals surface area (Å²) in [6.45, 7) is 3.27. The van der Waals surface area contributed by atoms with E-state index in [-0.39, 0.29) is 17.9 Å². The Morgan fingerprint density at radius 3 is 2.41 bits per heavy atom. The lowest BCUT2D eigenvalue weighted by Crippen LogP contribution is -2.41. The number of carbonyl (C=O) groups is 2. The quantitative estimate of drug-likeness (QED) is 0.832. The van der Waals surface area contributed by atoms with E-state index in [9.17, 15) is 9.59 Å². The Morgan fingerprint density at radius 2 is 1.68 bits per heavy atom. The topological polar surface area (TPSA) is 49.9 Å². The fourth-order valence-corrected chi connectivity index (χ4v) is 3.08. The van der Waals surface area contributed by atoms with Crippen LogP contribution in [-0.4, -0.2) is 60.5 Å². The standard InChI is InChI=1S/C17H22N2O3/c20-16(14-6-2-1-3-7-14)18-9-5-10-19(12-11-18)17(21)15-8-4-13-22-15/h1-3,6-7,15H,4-5,8-13H2. The van der Waals surface area contributed by atoms with Crippen LogP contribution in [0, 0.1) is 0 Å². The lowest BCUT2D eigenvalue weighted by molar-refractivity contribution is -0.140. The Kier molecular flexibility index (Phi) is 4.73. The number of rotatable bonds is 2. The summed E-state index contributed by atoms with van der Waals surface area (Å²) < 4.78 is 5.48. The third kappa shape index (κ3) is 3.30. The first-order valence-corrected chi connectivity index (χ1v) is 8.00. The van der Waals surface area contributed by atoms with E-state index in [1.807, 2.05) is 40.1 Å². The predicted octanol–water partition coefficient (Wildman–Crippen LogP) is 1.54. The summed E-state index contributed by atoms with van der Waals surface area (Å²) in [5.41, 5.74) is 0.710. The SMILES string of the molecule is O=C(c1ccccc1)N1CCCN(C(=O)C2CCCO2)CC1. The molecule has 2 amide bonds. The molecule has 0 radical (unpaired) electrons. The Morgan fingerprint density at radius 1 is 0.955 bits per heavy atom. The zero-order valence-corrected chi connectivity index (χ0v) is 12.7. The minimum atomic E-state index is -0.267. The fraction of sp³-hybridized carbons (Fsp3) is 0.529. The molecular formula is C17H22N2O3. The molecule has 3 rings (SSSR count). The zero-order valence-electron chi connectivity index (χ0n) is 12.7. The normalized spacial score (nSPS) is 22.5. The molecule has 22 heavy (non-hydrogen) atoms. The van der Waals surface area contributed by atoms with Gasteiger partial charge in [0.1, 0.15) is 6.10 Å². The van der Waals surface area contributed by atoms with E-state index in [0.717, 1.165) is 19.3 Å². The van der Waals surface area contributed by atoms with Crippen molar-refractivity contribution in [3.05, 3.63) is 35.9 Å². The van der Waals surface area contributed by atoms with Gasteiger partial charge in [-0.05, 0) is 31.4 Å². The molecule has 5 heteroatoms. The summed E-state index contributed by atoms with van der Waals surface area (Å²) in [5, 5.41) is 0. The maximum absolute atomic E-state index is 12.5. The zero-order chi connectivity index (χ0) is 15.4. The van der Waals surface area contributed by atoms with Gasteiger partial charge < -0.3 is 14.5 Å². The van der Waals surface area contributed by atoms with Crippen LogP contribution in [0.5, 0.6) is 0 Å². The van der Waals surface area contributed by atoms with Gasteiger partial charge in [0.15, 0.2) is 0 Å². The molecule has 1 atom stereocenters. The molecule has 118 valence electrons. The van der Waals surface area contributed by atoms with Crippen molar-refractivity contribution in [3.63, 3.8) is 0 Å². The second kappa shape index (κ2) is 6.92. The number of benzene rings is 1. The first kappa shape index (κ1) is 15.0. The maximum Gasteiger partial charge on any atom is 0.253 e. The van der Waals surface area contributed by atoms with Crippen molar-refractivity contribution in [1.29, 1.82) is 0 Å². The molecule has 1 aromatic carbocycles. The highest BCUT2D eigenvalue weighted by molar-refractivity contribution is 5.94. The summed E-state index contributed by atoms with van der Waals surface area (Å²) in [6.07, 6.45) is 2.33. The molecule has 2 fully saturated rings. The summed E-state index contributed by atoms with van der Waals surface area (Å²) in [7, 11) is 0. The van der Waals surface area contributed by atoms with Crippen molar-refractivity contribution in [2.24, 2.45) is 0 Å². The van der Waals surface area contributed by atoms with Gasteiger partial charge in [0.05, 0.1) is 0 Å².